The Hall–Kier alpha value is -1.65. The maximum atomic E-state index is 12.9. The number of rotatable bonds is 4. The first kappa shape index (κ1) is 12.8. The molecule has 1 aromatic carbocycles. The van der Waals surface area contributed by atoms with Crippen molar-refractivity contribution in [2.24, 2.45) is 5.73 Å². The Balaban J connectivity index is 2.04. The van der Waals surface area contributed by atoms with E-state index in [1.165, 1.54) is 18.2 Å². The number of hydrogen-bond acceptors (Lipinski definition) is 3. The molecule has 0 saturated heterocycles. The lowest BCUT2D eigenvalue weighted by atomic mass is 10.3. The van der Waals surface area contributed by atoms with E-state index in [2.05, 4.69) is 4.98 Å². The second-order valence-electron chi connectivity index (χ2n) is 3.69. The highest BCUT2D eigenvalue weighted by Gasteiger charge is 2.03. The van der Waals surface area contributed by atoms with Gasteiger partial charge in [-0.15, -0.1) is 0 Å². The first-order valence-electron chi connectivity index (χ1n) is 5.42. The third kappa shape index (κ3) is 3.18. The first-order chi connectivity index (χ1) is 8.69. The van der Waals surface area contributed by atoms with Gasteiger partial charge in [-0.1, -0.05) is 17.7 Å². The number of nitrogens with zero attached hydrogens (tertiary/aromatic N) is 1. The van der Waals surface area contributed by atoms with Gasteiger partial charge in [-0.3, -0.25) is 4.98 Å². The molecule has 0 amide bonds. The lowest BCUT2D eigenvalue weighted by molar-refractivity contribution is 0.300. The number of ether oxygens (including phenoxy) is 1. The predicted octanol–water partition coefficient (Wildman–Crippen LogP) is 2.91. The Kier molecular flexibility index (Phi) is 4.12. The molecule has 0 unspecified atom stereocenters. The molecule has 0 aliphatic carbocycles. The van der Waals surface area contributed by atoms with E-state index in [1.54, 1.807) is 0 Å². The van der Waals surface area contributed by atoms with E-state index in [0.29, 0.717) is 12.3 Å². The van der Waals surface area contributed by atoms with E-state index in [-0.39, 0.29) is 11.6 Å². The van der Waals surface area contributed by atoms with Crippen molar-refractivity contribution < 1.29 is 9.13 Å². The van der Waals surface area contributed by atoms with Crippen LogP contribution >= 0.6 is 11.6 Å². The van der Waals surface area contributed by atoms with Crippen molar-refractivity contribution >= 4 is 11.6 Å². The second-order valence-corrected chi connectivity index (χ2v) is 4.10. The number of pyridine rings is 1. The summed E-state index contributed by atoms with van der Waals surface area (Å²) in [7, 11) is 0. The largest absolute Gasteiger partial charge is 0.487 e. The van der Waals surface area contributed by atoms with Crippen molar-refractivity contribution in [2.75, 3.05) is 0 Å². The van der Waals surface area contributed by atoms with Gasteiger partial charge in [0, 0.05) is 12.6 Å². The molecule has 0 saturated carbocycles. The van der Waals surface area contributed by atoms with E-state index in [0.717, 1.165) is 11.4 Å². The zero-order valence-electron chi connectivity index (χ0n) is 9.57. The molecule has 3 nitrogen and oxygen atoms in total. The molecule has 5 heteroatoms. The summed E-state index contributed by atoms with van der Waals surface area (Å²) in [6, 6.07) is 9.77. The van der Waals surface area contributed by atoms with Crippen molar-refractivity contribution in [2.45, 2.75) is 13.2 Å². The molecule has 0 radical (unpaired) electrons. The molecular weight excluding hydrogens is 255 g/mol. The van der Waals surface area contributed by atoms with Gasteiger partial charge in [-0.2, -0.15) is 0 Å². The molecule has 94 valence electrons. The third-order valence-electron chi connectivity index (χ3n) is 2.35. The van der Waals surface area contributed by atoms with Gasteiger partial charge >= 0.3 is 0 Å². The first-order valence-corrected chi connectivity index (χ1v) is 5.79. The fraction of sp³-hybridized carbons (Fsp3) is 0.154. The number of nitrogens with two attached hydrogens (primary N) is 1. The van der Waals surface area contributed by atoms with Crippen molar-refractivity contribution in [3.8, 4) is 5.75 Å². The van der Waals surface area contributed by atoms with Crippen LogP contribution in [-0.4, -0.2) is 4.98 Å². The quantitative estimate of drug-likeness (QED) is 0.926. The van der Waals surface area contributed by atoms with Gasteiger partial charge in [0.2, 0.25) is 0 Å². The monoisotopic (exact) mass is 266 g/mol. The van der Waals surface area contributed by atoms with Gasteiger partial charge in [0.15, 0.2) is 0 Å². The summed E-state index contributed by atoms with van der Waals surface area (Å²) in [5.74, 6) is 0.0358. The molecule has 1 heterocycles. The molecule has 18 heavy (non-hydrogen) atoms. The van der Waals surface area contributed by atoms with Crippen LogP contribution in [0.4, 0.5) is 4.39 Å². The average Bonchev–Trinajstić information content (AvgIpc) is 2.40. The Morgan fingerprint density at radius 3 is 2.72 bits per heavy atom. The van der Waals surface area contributed by atoms with Crippen LogP contribution in [0.3, 0.4) is 0 Å². The Morgan fingerprint density at radius 2 is 2.00 bits per heavy atom. The predicted molar refractivity (Wildman–Crippen MR) is 67.9 cm³/mol. The average molecular weight is 267 g/mol. The number of aromatic nitrogens is 1. The lowest BCUT2D eigenvalue weighted by Gasteiger charge is -2.07. The van der Waals surface area contributed by atoms with E-state index in [4.69, 9.17) is 22.1 Å². The molecule has 0 aliphatic heterocycles. The van der Waals surface area contributed by atoms with E-state index >= 15 is 0 Å². The highest BCUT2D eigenvalue weighted by atomic mass is 35.5. The summed E-state index contributed by atoms with van der Waals surface area (Å²) in [5.41, 5.74) is 7.06. The van der Waals surface area contributed by atoms with Crippen LogP contribution in [0.1, 0.15) is 11.4 Å². The Bertz CT molecular complexity index is 548. The zero-order valence-corrected chi connectivity index (χ0v) is 10.3. The zero-order chi connectivity index (χ0) is 13.0. The van der Waals surface area contributed by atoms with Crippen LogP contribution in [0.2, 0.25) is 5.02 Å². The second kappa shape index (κ2) is 5.80. The SMILES string of the molecule is NCc1cccc(COc2ccc(F)c(Cl)c2)n1. The van der Waals surface area contributed by atoms with Crippen LogP contribution in [0.25, 0.3) is 0 Å². The Labute approximate surface area is 109 Å². The topological polar surface area (TPSA) is 48.1 Å². The van der Waals surface area contributed by atoms with Crippen molar-refractivity contribution in [1.82, 2.24) is 4.98 Å². The molecule has 0 fully saturated rings. The van der Waals surface area contributed by atoms with Crippen LogP contribution in [0.5, 0.6) is 5.75 Å². The fourth-order valence-corrected chi connectivity index (χ4v) is 1.62. The number of benzene rings is 1. The standard InChI is InChI=1S/C13H12ClFN2O/c14-12-6-11(4-5-13(12)15)18-8-10-3-1-2-9(7-16)17-10/h1-6H,7-8,16H2. The minimum Gasteiger partial charge on any atom is -0.487 e. The summed E-state index contributed by atoms with van der Waals surface area (Å²) < 4.78 is 18.4. The van der Waals surface area contributed by atoms with E-state index in [1.807, 2.05) is 18.2 Å². The van der Waals surface area contributed by atoms with E-state index < -0.39 is 5.82 Å². The number of halogens is 2. The summed E-state index contributed by atoms with van der Waals surface area (Å²) in [4.78, 5) is 4.29. The van der Waals surface area contributed by atoms with Crippen LogP contribution in [0, 0.1) is 5.82 Å². The fourth-order valence-electron chi connectivity index (χ4n) is 1.45. The van der Waals surface area contributed by atoms with Crippen molar-refractivity contribution in [3.63, 3.8) is 0 Å². The number of hydrogen-bond donors (Lipinski definition) is 1. The minimum absolute atomic E-state index is 0.0381. The molecule has 0 aliphatic rings. The normalized spacial score (nSPS) is 10.4. The molecule has 2 rings (SSSR count). The van der Waals surface area contributed by atoms with Crippen LogP contribution in [0.15, 0.2) is 36.4 Å². The maximum absolute atomic E-state index is 12.9. The summed E-state index contributed by atoms with van der Waals surface area (Å²) in [5, 5.41) is 0.0381. The van der Waals surface area contributed by atoms with Gasteiger partial charge < -0.3 is 10.5 Å². The maximum Gasteiger partial charge on any atom is 0.142 e. The highest BCUT2D eigenvalue weighted by molar-refractivity contribution is 6.30. The summed E-state index contributed by atoms with van der Waals surface area (Å²) >= 11 is 5.66. The molecule has 0 atom stereocenters. The third-order valence-corrected chi connectivity index (χ3v) is 2.64. The smallest absolute Gasteiger partial charge is 0.142 e. The Morgan fingerprint density at radius 1 is 1.22 bits per heavy atom. The van der Waals surface area contributed by atoms with Crippen molar-refractivity contribution in [3.05, 3.63) is 58.6 Å². The van der Waals surface area contributed by atoms with E-state index in [9.17, 15) is 4.39 Å². The minimum atomic E-state index is -0.465. The molecule has 2 N–H and O–H groups in total. The molecule has 2 aromatic rings. The van der Waals surface area contributed by atoms with Gasteiger partial charge in [0.05, 0.1) is 16.4 Å². The molecule has 0 spiro atoms. The van der Waals surface area contributed by atoms with Crippen molar-refractivity contribution in [1.29, 1.82) is 0 Å². The van der Waals surface area contributed by atoms with Crippen LogP contribution in [-0.2, 0) is 13.2 Å². The highest BCUT2D eigenvalue weighted by Crippen LogP contribution is 2.21. The molecule has 0 bridgehead atoms. The van der Waals surface area contributed by atoms with Gasteiger partial charge in [0.25, 0.3) is 0 Å². The van der Waals surface area contributed by atoms with Crippen LogP contribution < -0.4 is 10.5 Å². The molecule has 1 aromatic heterocycles. The van der Waals surface area contributed by atoms with Gasteiger partial charge in [-0.05, 0) is 24.3 Å². The lowest BCUT2D eigenvalue weighted by Crippen LogP contribution is -2.04. The van der Waals surface area contributed by atoms with Gasteiger partial charge in [0.1, 0.15) is 18.2 Å². The molecular formula is C13H12ClFN2O. The summed E-state index contributed by atoms with van der Waals surface area (Å²) in [6.07, 6.45) is 0. The summed E-state index contributed by atoms with van der Waals surface area (Å²) in [6.45, 7) is 0.673. The van der Waals surface area contributed by atoms with Gasteiger partial charge in [-0.25, -0.2) is 4.39 Å².